The highest BCUT2D eigenvalue weighted by atomic mass is 35.5. The van der Waals surface area contributed by atoms with Crippen molar-refractivity contribution < 1.29 is 14.3 Å². The van der Waals surface area contributed by atoms with E-state index in [1.165, 1.54) is 18.9 Å². The molecule has 0 radical (unpaired) electrons. The van der Waals surface area contributed by atoms with Gasteiger partial charge in [0.15, 0.2) is 16.7 Å². The minimum Gasteiger partial charge on any atom is -0.493 e. The zero-order valence-corrected chi connectivity index (χ0v) is 18.0. The number of thioether (sulfide) groups is 1. The standard InChI is InChI=1S/C19H15Cl3N2O3S/c1-3-27-15-7-10(12(21)9-14(15)26-2)8-16-18(25)24-19(28-16)23-13-6-4-5-11(20)17(13)22/h4-9H,3H2,1-2H3,(H,23,24,25). The van der Waals surface area contributed by atoms with Gasteiger partial charge in [0.25, 0.3) is 5.91 Å². The third-order valence-corrected chi connectivity index (χ3v) is 5.72. The first-order chi connectivity index (χ1) is 13.4. The molecule has 1 heterocycles. The molecule has 0 bridgehead atoms. The number of nitrogens with zero attached hydrogens (tertiary/aromatic N) is 1. The van der Waals surface area contributed by atoms with Crippen LogP contribution < -0.4 is 14.8 Å². The molecule has 1 amide bonds. The predicted octanol–water partition coefficient (Wildman–Crippen LogP) is 5.95. The summed E-state index contributed by atoms with van der Waals surface area (Å²) in [4.78, 5) is 17.1. The lowest BCUT2D eigenvalue weighted by molar-refractivity contribution is -0.115. The Morgan fingerprint density at radius 1 is 1.18 bits per heavy atom. The van der Waals surface area contributed by atoms with Crippen LogP contribution in [-0.2, 0) is 4.79 Å². The van der Waals surface area contributed by atoms with Gasteiger partial charge < -0.3 is 14.8 Å². The Hall–Kier alpha value is -1.86. The summed E-state index contributed by atoms with van der Waals surface area (Å²) < 4.78 is 10.8. The minimum atomic E-state index is -0.285. The molecule has 2 aromatic rings. The maximum Gasteiger partial charge on any atom is 0.264 e. The molecule has 3 rings (SSSR count). The summed E-state index contributed by atoms with van der Waals surface area (Å²) in [5.74, 6) is 0.784. The van der Waals surface area contributed by atoms with Crippen LogP contribution in [0.15, 0.2) is 40.2 Å². The van der Waals surface area contributed by atoms with Crippen LogP contribution in [0, 0.1) is 0 Å². The molecule has 0 aliphatic carbocycles. The van der Waals surface area contributed by atoms with Crippen molar-refractivity contribution in [2.45, 2.75) is 6.92 Å². The van der Waals surface area contributed by atoms with E-state index in [9.17, 15) is 4.79 Å². The van der Waals surface area contributed by atoms with Gasteiger partial charge in [-0.3, -0.25) is 4.79 Å². The molecule has 0 aromatic heterocycles. The number of benzene rings is 2. The number of hydrogen-bond donors (Lipinski definition) is 1. The summed E-state index contributed by atoms with van der Waals surface area (Å²) in [7, 11) is 1.54. The lowest BCUT2D eigenvalue weighted by Crippen LogP contribution is -2.19. The molecule has 28 heavy (non-hydrogen) atoms. The maximum atomic E-state index is 12.3. The number of nitrogens with one attached hydrogen (secondary N) is 1. The molecule has 1 saturated heterocycles. The Balaban J connectivity index is 1.92. The molecule has 1 aliphatic rings. The Labute approximate surface area is 181 Å². The van der Waals surface area contributed by atoms with Crippen LogP contribution in [0.25, 0.3) is 6.08 Å². The Morgan fingerprint density at radius 3 is 2.68 bits per heavy atom. The summed E-state index contributed by atoms with van der Waals surface area (Å²) in [5, 5.41) is 4.25. The van der Waals surface area contributed by atoms with Crippen LogP contribution in [0.4, 0.5) is 5.69 Å². The van der Waals surface area contributed by atoms with Crippen molar-refractivity contribution in [3.05, 3.63) is 55.9 Å². The van der Waals surface area contributed by atoms with E-state index in [1.54, 1.807) is 36.4 Å². The fraction of sp³-hybridized carbons (Fsp3) is 0.158. The van der Waals surface area contributed by atoms with Gasteiger partial charge in [-0.2, -0.15) is 0 Å². The molecule has 5 nitrogen and oxygen atoms in total. The second-order valence-corrected chi connectivity index (χ2v) is 7.74. The van der Waals surface area contributed by atoms with Gasteiger partial charge in [0.2, 0.25) is 0 Å². The largest absolute Gasteiger partial charge is 0.493 e. The van der Waals surface area contributed by atoms with Crippen LogP contribution in [0.3, 0.4) is 0 Å². The molecule has 2 aromatic carbocycles. The maximum absolute atomic E-state index is 12.3. The summed E-state index contributed by atoms with van der Waals surface area (Å²) in [6, 6.07) is 8.50. The minimum absolute atomic E-state index is 0.285. The molecule has 0 spiro atoms. The molecular weight excluding hydrogens is 443 g/mol. The fourth-order valence-corrected chi connectivity index (χ4v) is 3.77. The van der Waals surface area contributed by atoms with Crippen LogP contribution >= 0.6 is 46.6 Å². The first kappa shape index (κ1) is 20.9. The summed E-state index contributed by atoms with van der Waals surface area (Å²) in [6.07, 6.45) is 1.67. The van der Waals surface area contributed by atoms with Gasteiger partial charge in [-0.1, -0.05) is 40.9 Å². The lowest BCUT2D eigenvalue weighted by atomic mass is 10.2. The zero-order chi connectivity index (χ0) is 20.3. The quantitative estimate of drug-likeness (QED) is 0.564. The van der Waals surface area contributed by atoms with Crippen molar-refractivity contribution in [2.24, 2.45) is 4.99 Å². The van der Waals surface area contributed by atoms with Crippen molar-refractivity contribution >= 4 is 69.4 Å². The molecular formula is C19H15Cl3N2O3S. The number of carbonyl (C=O) groups excluding carboxylic acids is 1. The molecule has 0 unspecified atom stereocenters. The number of ether oxygens (including phenoxy) is 2. The first-order valence-corrected chi connectivity index (χ1v) is 10.1. The highest BCUT2D eigenvalue weighted by molar-refractivity contribution is 8.18. The highest BCUT2D eigenvalue weighted by Crippen LogP contribution is 2.37. The predicted molar refractivity (Wildman–Crippen MR) is 116 cm³/mol. The van der Waals surface area contributed by atoms with Crippen LogP contribution in [0.5, 0.6) is 11.5 Å². The van der Waals surface area contributed by atoms with Crippen molar-refractivity contribution in [1.29, 1.82) is 0 Å². The molecule has 0 atom stereocenters. The van der Waals surface area contributed by atoms with E-state index >= 15 is 0 Å². The second-order valence-electron chi connectivity index (χ2n) is 5.51. The zero-order valence-electron chi connectivity index (χ0n) is 14.9. The number of amides is 1. The average Bonchev–Trinajstić information content (AvgIpc) is 3.00. The smallest absolute Gasteiger partial charge is 0.264 e. The van der Waals surface area contributed by atoms with Gasteiger partial charge >= 0.3 is 0 Å². The molecule has 1 fully saturated rings. The SMILES string of the molecule is CCOc1cc(C=C2SC(=Nc3cccc(Cl)c3Cl)NC2=O)c(Cl)cc1OC. The average molecular weight is 458 g/mol. The monoisotopic (exact) mass is 456 g/mol. The molecule has 9 heteroatoms. The number of methoxy groups -OCH3 is 1. The van der Waals surface area contributed by atoms with E-state index in [1.807, 2.05) is 6.92 Å². The highest BCUT2D eigenvalue weighted by Gasteiger charge is 2.25. The van der Waals surface area contributed by atoms with E-state index in [2.05, 4.69) is 10.3 Å². The van der Waals surface area contributed by atoms with E-state index in [-0.39, 0.29) is 5.91 Å². The van der Waals surface area contributed by atoms with Gasteiger partial charge in [0.1, 0.15) is 0 Å². The Bertz CT molecular complexity index is 993. The number of halogens is 3. The van der Waals surface area contributed by atoms with E-state index in [4.69, 9.17) is 44.3 Å². The molecule has 1 aliphatic heterocycles. The first-order valence-electron chi connectivity index (χ1n) is 8.16. The lowest BCUT2D eigenvalue weighted by Gasteiger charge is -2.11. The third-order valence-electron chi connectivity index (χ3n) is 3.67. The second kappa shape index (κ2) is 9.09. The number of amidine groups is 1. The summed E-state index contributed by atoms with van der Waals surface area (Å²) in [5.41, 5.74) is 1.10. The van der Waals surface area contributed by atoms with Gasteiger partial charge in [0.05, 0.1) is 39.4 Å². The van der Waals surface area contributed by atoms with Gasteiger partial charge in [-0.25, -0.2) is 4.99 Å². The number of rotatable bonds is 5. The van der Waals surface area contributed by atoms with Gasteiger partial charge in [-0.15, -0.1) is 0 Å². The van der Waals surface area contributed by atoms with E-state index < -0.39 is 0 Å². The van der Waals surface area contributed by atoms with Crippen molar-refractivity contribution in [1.82, 2.24) is 5.32 Å². The topological polar surface area (TPSA) is 59.9 Å². The summed E-state index contributed by atoms with van der Waals surface area (Å²) in [6.45, 7) is 2.34. The Morgan fingerprint density at radius 2 is 1.96 bits per heavy atom. The number of carbonyl (C=O) groups is 1. The molecule has 1 N–H and O–H groups in total. The van der Waals surface area contributed by atoms with Crippen LogP contribution in [-0.4, -0.2) is 24.8 Å². The number of aliphatic imine (C=N–C) groups is 1. The molecule has 146 valence electrons. The summed E-state index contributed by atoms with van der Waals surface area (Å²) >= 11 is 19.7. The fourth-order valence-electron chi connectivity index (χ4n) is 2.40. The van der Waals surface area contributed by atoms with E-state index in [0.717, 1.165) is 0 Å². The van der Waals surface area contributed by atoms with Gasteiger partial charge in [-0.05, 0) is 48.5 Å². The Kier molecular flexibility index (Phi) is 6.78. The van der Waals surface area contributed by atoms with Crippen molar-refractivity contribution in [3.8, 4) is 11.5 Å². The van der Waals surface area contributed by atoms with Crippen LogP contribution in [0.2, 0.25) is 15.1 Å². The third kappa shape index (κ3) is 4.58. The van der Waals surface area contributed by atoms with Crippen molar-refractivity contribution in [2.75, 3.05) is 13.7 Å². The normalized spacial score (nSPS) is 16.5. The number of hydrogen-bond acceptors (Lipinski definition) is 5. The molecule has 0 saturated carbocycles. The van der Waals surface area contributed by atoms with Gasteiger partial charge in [0, 0.05) is 6.07 Å². The van der Waals surface area contributed by atoms with E-state index in [0.29, 0.717) is 54.5 Å². The van der Waals surface area contributed by atoms with Crippen molar-refractivity contribution in [3.63, 3.8) is 0 Å². The van der Waals surface area contributed by atoms with Crippen LogP contribution in [0.1, 0.15) is 12.5 Å².